The van der Waals surface area contributed by atoms with Crippen molar-refractivity contribution in [1.29, 1.82) is 0 Å². The van der Waals surface area contributed by atoms with E-state index < -0.39 is 0 Å². The predicted molar refractivity (Wildman–Crippen MR) is 101 cm³/mol. The van der Waals surface area contributed by atoms with Crippen molar-refractivity contribution in [1.82, 2.24) is 12.3 Å². The van der Waals surface area contributed by atoms with Crippen molar-refractivity contribution in [2.45, 2.75) is 76.3 Å². The van der Waals surface area contributed by atoms with Crippen molar-refractivity contribution in [2.75, 3.05) is 0 Å². The van der Waals surface area contributed by atoms with Crippen molar-refractivity contribution in [3.05, 3.63) is 0 Å². The number of nitrogens with two attached hydrogens (primary N) is 2. The highest BCUT2D eigenvalue weighted by Crippen LogP contribution is 2.15. The minimum atomic E-state index is 0. The van der Waals surface area contributed by atoms with Crippen LogP contribution in [0.4, 0.5) is 0 Å². The van der Waals surface area contributed by atoms with E-state index in [1.165, 1.54) is 64.2 Å². The first kappa shape index (κ1) is 37.3. The Morgan fingerprint density at radius 2 is 0.650 bits per heavy atom. The molecule has 0 aromatic heterocycles. The van der Waals surface area contributed by atoms with Crippen LogP contribution in [0.5, 0.6) is 0 Å². The van der Waals surface area contributed by atoms with Crippen molar-refractivity contribution in [3.8, 4) is 0 Å². The third-order valence-corrected chi connectivity index (χ3v) is 3.30. The van der Waals surface area contributed by atoms with Crippen LogP contribution >= 0.6 is 49.6 Å². The zero-order valence-corrected chi connectivity index (χ0v) is 15.7. The molecular formula is C12H36Cl4N4. The van der Waals surface area contributed by atoms with E-state index in [0.717, 1.165) is 0 Å². The summed E-state index contributed by atoms with van der Waals surface area (Å²) in [4.78, 5) is 0. The molecule has 0 aliphatic heterocycles. The van der Waals surface area contributed by atoms with Gasteiger partial charge < -0.3 is 23.8 Å². The van der Waals surface area contributed by atoms with Crippen LogP contribution in [0.1, 0.15) is 64.2 Å². The Morgan fingerprint density at radius 3 is 0.750 bits per heavy atom. The van der Waals surface area contributed by atoms with Gasteiger partial charge in [-0.3, -0.25) is 0 Å². The molecule has 132 valence electrons. The summed E-state index contributed by atoms with van der Waals surface area (Å²) in [5, 5.41) is 0. The fraction of sp³-hybridized carbons (Fsp3) is 1.00. The summed E-state index contributed by atoms with van der Waals surface area (Å²) >= 11 is 0. The summed E-state index contributed by atoms with van der Waals surface area (Å²) in [5.74, 6) is 0. The molecular weight excluding hydrogens is 342 g/mol. The molecule has 0 heterocycles. The summed E-state index contributed by atoms with van der Waals surface area (Å²) in [6.45, 7) is 0. The molecule has 8 heteroatoms. The lowest BCUT2D eigenvalue weighted by Crippen LogP contribution is -2.22. The summed E-state index contributed by atoms with van der Waals surface area (Å²) < 4.78 is 0. The molecule has 0 unspecified atom stereocenters. The van der Waals surface area contributed by atoms with Crippen LogP contribution in [-0.2, 0) is 0 Å². The van der Waals surface area contributed by atoms with Gasteiger partial charge in [0.25, 0.3) is 0 Å². The molecule has 2 saturated carbocycles. The van der Waals surface area contributed by atoms with Crippen LogP contribution in [0.3, 0.4) is 0 Å². The topological polar surface area (TPSA) is 122 Å². The molecule has 20 heavy (non-hydrogen) atoms. The third kappa shape index (κ3) is 21.3. The summed E-state index contributed by atoms with van der Waals surface area (Å²) in [6, 6.07) is 1.07. The Bertz CT molecular complexity index is 127. The molecule has 0 saturated heterocycles. The SMILES string of the molecule is Cl.Cl.Cl.Cl.N.N.NC1CCCCC1.NC1CCCCC1. The molecule has 4 nitrogen and oxygen atoms in total. The summed E-state index contributed by atoms with van der Waals surface area (Å²) in [6.07, 6.45) is 13.3. The first-order valence-electron chi connectivity index (χ1n) is 6.30. The average Bonchev–Trinajstić information content (AvgIpc) is 2.21. The molecule has 10 N–H and O–H groups in total. The Kier molecular flexibility index (Phi) is 46.6. The minimum absolute atomic E-state index is 0. The molecule has 0 aromatic carbocycles. The molecule has 0 spiro atoms. The maximum atomic E-state index is 5.63. The number of hydrogen-bond donors (Lipinski definition) is 4. The second kappa shape index (κ2) is 25.0. The van der Waals surface area contributed by atoms with E-state index in [1.807, 2.05) is 0 Å². The fourth-order valence-corrected chi connectivity index (χ4v) is 2.27. The summed E-state index contributed by atoms with van der Waals surface area (Å²) in [7, 11) is 0. The van der Waals surface area contributed by atoms with Crippen molar-refractivity contribution < 1.29 is 0 Å². The molecule has 0 aromatic rings. The third-order valence-electron chi connectivity index (χ3n) is 3.30. The smallest absolute Gasteiger partial charge is 0.00388 e. The van der Waals surface area contributed by atoms with Gasteiger partial charge in [0.1, 0.15) is 0 Å². The lowest BCUT2D eigenvalue weighted by atomic mass is 9.97. The van der Waals surface area contributed by atoms with E-state index >= 15 is 0 Å². The van der Waals surface area contributed by atoms with Gasteiger partial charge >= 0.3 is 0 Å². The Balaban J connectivity index is -0.0000000377. The monoisotopic (exact) mass is 376 g/mol. The van der Waals surface area contributed by atoms with Gasteiger partial charge in [0.15, 0.2) is 0 Å². The zero-order chi connectivity index (χ0) is 10.2. The van der Waals surface area contributed by atoms with E-state index in [9.17, 15) is 0 Å². The van der Waals surface area contributed by atoms with Crippen LogP contribution in [0.15, 0.2) is 0 Å². The van der Waals surface area contributed by atoms with Crippen molar-refractivity contribution >= 4 is 49.6 Å². The van der Waals surface area contributed by atoms with E-state index in [1.54, 1.807) is 0 Å². The van der Waals surface area contributed by atoms with Gasteiger partial charge in [-0.15, -0.1) is 49.6 Å². The Hall–Kier alpha value is 1.000. The van der Waals surface area contributed by atoms with Crippen LogP contribution < -0.4 is 23.8 Å². The zero-order valence-electron chi connectivity index (χ0n) is 12.4. The Morgan fingerprint density at radius 1 is 0.450 bits per heavy atom. The highest BCUT2D eigenvalue weighted by atomic mass is 35.5. The second-order valence-electron chi connectivity index (χ2n) is 4.80. The first-order chi connectivity index (χ1) is 6.79. The summed E-state index contributed by atoms with van der Waals surface area (Å²) in [5.41, 5.74) is 11.3. The fourth-order valence-electron chi connectivity index (χ4n) is 2.27. The standard InChI is InChI=1S/2C6H13N.4ClH.2H3N/c2*7-6-4-2-1-3-5-6;;;;;;/h2*6H,1-5,7H2;4*1H;2*1H3. The predicted octanol–water partition coefficient (Wildman–Crippen LogP) is 4.57. The maximum absolute atomic E-state index is 5.63. The molecule has 2 aliphatic carbocycles. The van der Waals surface area contributed by atoms with Gasteiger partial charge in [0, 0.05) is 12.1 Å². The van der Waals surface area contributed by atoms with Gasteiger partial charge in [0.2, 0.25) is 0 Å². The number of rotatable bonds is 0. The molecule has 0 radical (unpaired) electrons. The largest absolute Gasteiger partial charge is 0.344 e. The van der Waals surface area contributed by atoms with Gasteiger partial charge in [-0.05, 0) is 25.7 Å². The lowest BCUT2D eigenvalue weighted by molar-refractivity contribution is 0.441. The van der Waals surface area contributed by atoms with Crippen LogP contribution in [0.25, 0.3) is 0 Å². The number of halogens is 4. The maximum Gasteiger partial charge on any atom is 0.00388 e. The normalized spacial score (nSPS) is 17.7. The van der Waals surface area contributed by atoms with E-state index in [4.69, 9.17) is 11.5 Å². The van der Waals surface area contributed by atoms with Crippen LogP contribution in [0, 0.1) is 0 Å². The molecule has 2 fully saturated rings. The molecule has 0 bridgehead atoms. The molecule has 2 rings (SSSR count). The number of hydrogen-bond acceptors (Lipinski definition) is 4. The van der Waals surface area contributed by atoms with Gasteiger partial charge in [-0.25, -0.2) is 0 Å². The van der Waals surface area contributed by atoms with E-state index in [0.29, 0.717) is 12.1 Å². The highest BCUT2D eigenvalue weighted by Gasteiger charge is 2.06. The Labute approximate surface area is 149 Å². The quantitative estimate of drug-likeness (QED) is 0.493. The van der Waals surface area contributed by atoms with Gasteiger partial charge in [0.05, 0.1) is 0 Å². The van der Waals surface area contributed by atoms with Gasteiger partial charge in [-0.1, -0.05) is 38.5 Å². The van der Waals surface area contributed by atoms with Crippen molar-refractivity contribution in [3.63, 3.8) is 0 Å². The molecule has 0 atom stereocenters. The first-order valence-corrected chi connectivity index (χ1v) is 6.30. The van der Waals surface area contributed by atoms with Crippen LogP contribution in [0.2, 0.25) is 0 Å². The minimum Gasteiger partial charge on any atom is -0.344 e. The second-order valence-corrected chi connectivity index (χ2v) is 4.80. The lowest BCUT2D eigenvalue weighted by Gasteiger charge is -2.15. The van der Waals surface area contributed by atoms with E-state index in [-0.39, 0.29) is 61.9 Å². The average molecular weight is 378 g/mol. The highest BCUT2D eigenvalue weighted by molar-refractivity contribution is 5.86. The van der Waals surface area contributed by atoms with E-state index in [2.05, 4.69) is 0 Å². The van der Waals surface area contributed by atoms with Crippen molar-refractivity contribution in [2.24, 2.45) is 11.5 Å². The van der Waals surface area contributed by atoms with Crippen LogP contribution in [-0.4, -0.2) is 12.1 Å². The molecule has 2 aliphatic rings. The van der Waals surface area contributed by atoms with Gasteiger partial charge in [-0.2, -0.15) is 0 Å². The molecule has 0 amide bonds.